The summed E-state index contributed by atoms with van der Waals surface area (Å²) in [7, 11) is 0. The predicted octanol–water partition coefficient (Wildman–Crippen LogP) is 4.09. The molecule has 0 amide bonds. The summed E-state index contributed by atoms with van der Waals surface area (Å²) >= 11 is 0. The van der Waals surface area contributed by atoms with Gasteiger partial charge in [-0.1, -0.05) is 48.5 Å². The molecule has 5 heteroatoms. The van der Waals surface area contributed by atoms with Crippen LogP contribution in [-0.4, -0.2) is 5.97 Å². The van der Waals surface area contributed by atoms with E-state index in [0.29, 0.717) is 5.56 Å². The minimum Gasteiger partial charge on any atom is -0.456 e. The molecular weight excluding hydrogens is 281 g/mol. The van der Waals surface area contributed by atoms with Crippen molar-refractivity contribution in [3.63, 3.8) is 0 Å². The molecule has 1 fully saturated rings. The van der Waals surface area contributed by atoms with Gasteiger partial charge in [-0.25, -0.2) is 0 Å². The van der Waals surface area contributed by atoms with E-state index in [1.54, 1.807) is 30.3 Å². The van der Waals surface area contributed by atoms with E-state index < -0.39 is 29.7 Å². The molecule has 2 aromatic rings. The molecule has 2 atom stereocenters. The number of rotatable bonds is 2. The van der Waals surface area contributed by atoms with Crippen LogP contribution >= 0.6 is 0 Å². The van der Waals surface area contributed by atoms with Crippen molar-refractivity contribution < 1.29 is 22.7 Å². The Bertz CT molecular complexity index is 665. The van der Waals surface area contributed by atoms with Crippen molar-refractivity contribution in [1.82, 2.24) is 0 Å². The van der Waals surface area contributed by atoms with Gasteiger partial charge in [-0.05, 0) is 17.2 Å². The summed E-state index contributed by atoms with van der Waals surface area (Å²) in [4.78, 5) is 11.7. The van der Waals surface area contributed by atoms with Gasteiger partial charge in [0.15, 0.2) is 0 Å². The van der Waals surface area contributed by atoms with Crippen LogP contribution in [0.2, 0.25) is 0 Å². The van der Waals surface area contributed by atoms with E-state index >= 15 is 0 Å². The number of esters is 1. The molecule has 0 unspecified atom stereocenters. The van der Waals surface area contributed by atoms with Crippen LogP contribution in [0.5, 0.6) is 0 Å². The molecule has 0 N–H and O–H groups in total. The highest BCUT2D eigenvalue weighted by Crippen LogP contribution is 2.47. The Hall–Kier alpha value is -2.30. The summed E-state index contributed by atoms with van der Waals surface area (Å²) in [5.41, 5.74) is -0.123. The van der Waals surface area contributed by atoms with Crippen LogP contribution in [0.25, 0.3) is 0 Å². The van der Waals surface area contributed by atoms with Crippen LogP contribution in [0, 0.1) is 0 Å². The van der Waals surface area contributed by atoms with E-state index in [0.717, 1.165) is 6.07 Å². The molecule has 0 bridgehead atoms. The Morgan fingerprint density at radius 2 is 1.52 bits per heavy atom. The van der Waals surface area contributed by atoms with Crippen molar-refractivity contribution >= 4 is 5.97 Å². The number of carbonyl (C=O) groups is 1. The number of carbonyl (C=O) groups excluding carboxylic acids is 1. The largest absolute Gasteiger partial charge is 0.456 e. The smallest absolute Gasteiger partial charge is 0.416 e. The van der Waals surface area contributed by atoms with Crippen molar-refractivity contribution in [3.8, 4) is 0 Å². The number of ether oxygens (including phenoxy) is 1. The molecule has 21 heavy (non-hydrogen) atoms. The fourth-order valence-corrected chi connectivity index (χ4v) is 2.54. The van der Waals surface area contributed by atoms with Crippen molar-refractivity contribution in [2.75, 3.05) is 0 Å². The van der Waals surface area contributed by atoms with Gasteiger partial charge in [0.25, 0.3) is 0 Å². The summed E-state index contributed by atoms with van der Waals surface area (Å²) in [6.07, 6.45) is -5.16. The Balaban J connectivity index is 2.02. The SMILES string of the molecule is O=C1O[C@@H](c2ccccc2)[C@H]1c1ccccc1C(F)(F)F. The highest BCUT2D eigenvalue weighted by atomic mass is 19.4. The molecule has 0 saturated carbocycles. The van der Waals surface area contributed by atoms with Crippen molar-refractivity contribution in [3.05, 3.63) is 71.3 Å². The molecule has 1 heterocycles. The molecular formula is C16H11F3O2. The Morgan fingerprint density at radius 3 is 2.14 bits per heavy atom. The van der Waals surface area contributed by atoms with Gasteiger partial charge in [-0.15, -0.1) is 0 Å². The molecule has 2 nitrogen and oxygen atoms in total. The van der Waals surface area contributed by atoms with E-state index in [9.17, 15) is 18.0 Å². The lowest BCUT2D eigenvalue weighted by molar-refractivity contribution is -0.177. The minimum atomic E-state index is -4.49. The van der Waals surface area contributed by atoms with Gasteiger partial charge < -0.3 is 4.74 Å². The first kappa shape index (κ1) is 13.7. The van der Waals surface area contributed by atoms with Gasteiger partial charge >= 0.3 is 12.1 Å². The van der Waals surface area contributed by atoms with E-state index in [2.05, 4.69) is 0 Å². The first-order chi connectivity index (χ1) is 9.98. The highest BCUT2D eigenvalue weighted by molar-refractivity contribution is 5.85. The Morgan fingerprint density at radius 1 is 0.905 bits per heavy atom. The number of cyclic esters (lactones) is 1. The van der Waals surface area contributed by atoms with Crippen LogP contribution in [0.4, 0.5) is 13.2 Å². The van der Waals surface area contributed by atoms with E-state index in [1.165, 1.54) is 18.2 Å². The monoisotopic (exact) mass is 292 g/mol. The fourth-order valence-electron chi connectivity index (χ4n) is 2.54. The van der Waals surface area contributed by atoms with E-state index in [1.807, 2.05) is 0 Å². The molecule has 1 aliphatic rings. The highest BCUT2D eigenvalue weighted by Gasteiger charge is 2.48. The molecule has 108 valence electrons. The van der Waals surface area contributed by atoms with Gasteiger partial charge in [0, 0.05) is 0 Å². The standard InChI is InChI=1S/C16H11F3O2/c17-16(18,19)12-9-5-4-8-11(12)13-14(21-15(13)20)10-6-2-1-3-7-10/h1-9,13-14H/t13-,14+/m1/s1. The second-order valence-electron chi connectivity index (χ2n) is 4.83. The van der Waals surface area contributed by atoms with Gasteiger partial charge in [0.05, 0.1) is 5.56 Å². The van der Waals surface area contributed by atoms with Crippen LogP contribution < -0.4 is 0 Å². The summed E-state index contributed by atoms with van der Waals surface area (Å²) in [5, 5.41) is 0. The van der Waals surface area contributed by atoms with Gasteiger partial charge in [-0.3, -0.25) is 4.79 Å². The molecule has 1 aliphatic heterocycles. The molecule has 0 spiro atoms. The maximum atomic E-state index is 13.1. The third kappa shape index (κ3) is 2.39. The Kier molecular flexibility index (Phi) is 3.20. The average molecular weight is 292 g/mol. The molecule has 0 radical (unpaired) electrons. The summed E-state index contributed by atoms with van der Waals surface area (Å²) in [5.74, 6) is -1.54. The summed E-state index contributed by atoms with van der Waals surface area (Å²) in [6, 6.07) is 13.9. The zero-order valence-corrected chi connectivity index (χ0v) is 10.8. The maximum Gasteiger partial charge on any atom is 0.416 e. The minimum absolute atomic E-state index is 0.0323. The topological polar surface area (TPSA) is 26.3 Å². The van der Waals surface area contributed by atoms with Gasteiger partial charge in [-0.2, -0.15) is 13.2 Å². The van der Waals surface area contributed by atoms with Crippen molar-refractivity contribution in [2.24, 2.45) is 0 Å². The first-order valence-corrected chi connectivity index (χ1v) is 6.40. The number of hydrogen-bond acceptors (Lipinski definition) is 2. The predicted molar refractivity (Wildman–Crippen MR) is 69.5 cm³/mol. The quantitative estimate of drug-likeness (QED) is 0.779. The third-order valence-corrected chi connectivity index (χ3v) is 3.53. The molecule has 2 aromatic carbocycles. The number of alkyl halides is 3. The molecule has 0 aliphatic carbocycles. The summed E-state index contributed by atoms with van der Waals surface area (Å²) in [6.45, 7) is 0. The third-order valence-electron chi connectivity index (χ3n) is 3.53. The van der Waals surface area contributed by atoms with E-state index in [4.69, 9.17) is 4.74 Å². The lowest BCUT2D eigenvalue weighted by Crippen LogP contribution is -2.37. The van der Waals surface area contributed by atoms with Gasteiger partial charge in [0.1, 0.15) is 12.0 Å². The van der Waals surface area contributed by atoms with Crippen molar-refractivity contribution in [2.45, 2.75) is 18.2 Å². The first-order valence-electron chi connectivity index (χ1n) is 6.40. The molecule has 1 saturated heterocycles. The lowest BCUT2D eigenvalue weighted by Gasteiger charge is -2.36. The number of benzene rings is 2. The van der Waals surface area contributed by atoms with Crippen LogP contribution in [0.15, 0.2) is 54.6 Å². The maximum absolute atomic E-state index is 13.1. The number of halogens is 3. The summed E-state index contributed by atoms with van der Waals surface area (Å²) < 4.78 is 44.3. The molecule has 0 aromatic heterocycles. The van der Waals surface area contributed by atoms with Crippen LogP contribution in [-0.2, 0) is 15.7 Å². The van der Waals surface area contributed by atoms with Crippen molar-refractivity contribution in [1.29, 1.82) is 0 Å². The van der Waals surface area contributed by atoms with Gasteiger partial charge in [0.2, 0.25) is 0 Å². The van der Waals surface area contributed by atoms with Crippen LogP contribution in [0.3, 0.4) is 0 Å². The molecule has 3 rings (SSSR count). The van der Waals surface area contributed by atoms with Crippen LogP contribution in [0.1, 0.15) is 28.7 Å². The zero-order valence-electron chi connectivity index (χ0n) is 10.8. The second kappa shape index (κ2) is 4.91. The van der Waals surface area contributed by atoms with E-state index in [-0.39, 0.29) is 5.56 Å². The average Bonchev–Trinajstić information content (AvgIpc) is 2.45. The second-order valence-corrected chi connectivity index (χ2v) is 4.83. The normalized spacial score (nSPS) is 21.6. The Labute approximate surface area is 119 Å². The lowest BCUT2D eigenvalue weighted by atomic mass is 9.82. The zero-order chi connectivity index (χ0) is 15.0. The number of hydrogen-bond donors (Lipinski definition) is 0. The fraction of sp³-hybridized carbons (Fsp3) is 0.188.